The minimum atomic E-state index is -4.58. The monoisotopic (exact) mass is 510 g/mol. The van der Waals surface area contributed by atoms with E-state index in [1.165, 1.54) is 48.5 Å². The summed E-state index contributed by atoms with van der Waals surface area (Å²) in [5.41, 5.74) is 4.21. The van der Waals surface area contributed by atoms with Crippen LogP contribution < -0.4 is 25.8 Å². The Morgan fingerprint density at radius 3 is 2.22 bits per heavy atom. The van der Waals surface area contributed by atoms with Crippen molar-refractivity contribution in [1.82, 2.24) is 0 Å². The van der Waals surface area contributed by atoms with E-state index in [0.29, 0.717) is 16.2 Å². The van der Waals surface area contributed by atoms with Crippen LogP contribution in [0, 0.1) is 5.21 Å². The molecule has 0 bridgehead atoms. The fraction of sp³-hybridized carbons (Fsp3) is 0.0500. The number of nitrogens with one attached hydrogen (secondary N) is 2. The smallest absolute Gasteiger partial charge is 0.417 e. The van der Waals surface area contributed by atoms with Gasteiger partial charge < -0.3 is 26.3 Å². The number of nitrogens with two attached hydrogens (primary N) is 1. The standard InChI is InChI=1S/C20H14BrF3N4O4/c21-16-6-3-12(9-15(16)20(22,23)24)27-19(30)26-11-1-4-13(5-2-11)32-14-7-8-28(31)17(10-14)18(25)29/h1-10H,(H2,25,29)(H2,26,27,30). The molecule has 0 aliphatic rings. The predicted octanol–water partition coefficient (Wildman–Crippen LogP) is 4.64. The van der Waals surface area contributed by atoms with Crippen molar-refractivity contribution in [2.75, 3.05) is 10.6 Å². The lowest BCUT2D eigenvalue weighted by atomic mass is 10.2. The Balaban J connectivity index is 1.64. The Morgan fingerprint density at radius 1 is 0.969 bits per heavy atom. The number of primary amides is 1. The zero-order valence-corrected chi connectivity index (χ0v) is 17.5. The lowest BCUT2D eigenvalue weighted by Gasteiger charge is -2.13. The van der Waals surface area contributed by atoms with E-state index in [4.69, 9.17) is 10.5 Å². The summed E-state index contributed by atoms with van der Waals surface area (Å²) in [6.07, 6.45) is -3.50. The molecule has 0 atom stereocenters. The minimum absolute atomic E-state index is 0.0390. The maximum Gasteiger partial charge on any atom is 0.417 e. The van der Waals surface area contributed by atoms with Gasteiger partial charge in [-0.1, -0.05) is 15.9 Å². The van der Waals surface area contributed by atoms with Crippen molar-refractivity contribution in [1.29, 1.82) is 0 Å². The van der Waals surface area contributed by atoms with E-state index in [0.717, 1.165) is 12.3 Å². The molecule has 0 radical (unpaired) electrons. The Labute approximate surface area is 187 Å². The predicted molar refractivity (Wildman–Crippen MR) is 112 cm³/mol. The second-order valence-corrected chi connectivity index (χ2v) is 7.19. The van der Waals surface area contributed by atoms with E-state index in [1.54, 1.807) is 0 Å². The first-order chi connectivity index (χ1) is 15.0. The summed E-state index contributed by atoms with van der Waals surface area (Å²) < 4.78 is 44.6. The van der Waals surface area contributed by atoms with Crippen LogP contribution in [-0.2, 0) is 6.18 Å². The molecule has 1 aromatic heterocycles. The second-order valence-electron chi connectivity index (χ2n) is 6.34. The summed E-state index contributed by atoms with van der Waals surface area (Å²) in [7, 11) is 0. The van der Waals surface area contributed by atoms with Gasteiger partial charge in [0.15, 0.2) is 6.20 Å². The molecule has 0 fully saturated rings. The highest BCUT2D eigenvalue weighted by molar-refractivity contribution is 9.10. The quantitative estimate of drug-likeness (QED) is 0.342. The molecule has 1 heterocycles. The fourth-order valence-corrected chi connectivity index (χ4v) is 3.04. The molecular weight excluding hydrogens is 497 g/mol. The highest BCUT2D eigenvalue weighted by Gasteiger charge is 2.33. The first-order valence-electron chi connectivity index (χ1n) is 8.78. The van der Waals surface area contributed by atoms with Crippen LogP contribution in [0.5, 0.6) is 11.5 Å². The number of halogens is 4. The van der Waals surface area contributed by atoms with Gasteiger partial charge in [0.25, 0.3) is 5.69 Å². The maximum absolute atomic E-state index is 13.0. The molecule has 0 aliphatic heterocycles. The van der Waals surface area contributed by atoms with Crippen molar-refractivity contribution < 1.29 is 32.2 Å². The summed E-state index contributed by atoms with van der Waals surface area (Å²) in [5.74, 6) is -0.387. The molecule has 0 saturated heterocycles. The molecule has 2 aromatic carbocycles. The second kappa shape index (κ2) is 9.14. The summed E-state index contributed by atoms with van der Waals surface area (Å²) >= 11 is 2.83. The Morgan fingerprint density at radius 2 is 1.59 bits per heavy atom. The van der Waals surface area contributed by atoms with Crippen LogP contribution >= 0.6 is 15.9 Å². The van der Waals surface area contributed by atoms with E-state index in [1.807, 2.05) is 0 Å². The van der Waals surface area contributed by atoms with Crippen molar-refractivity contribution >= 4 is 39.2 Å². The van der Waals surface area contributed by atoms with E-state index >= 15 is 0 Å². The average Bonchev–Trinajstić information content (AvgIpc) is 2.71. The van der Waals surface area contributed by atoms with Gasteiger partial charge in [0.05, 0.1) is 11.6 Å². The van der Waals surface area contributed by atoms with Crippen LogP contribution in [0.15, 0.2) is 65.3 Å². The Hall–Kier alpha value is -3.80. The normalized spacial score (nSPS) is 11.0. The number of aromatic nitrogens is 1. The molecule has 0 spiro atoms. The van der Waals surface area contributed by atoms with Crippen LogP contribution in [-0.4, -0.2) is 11.9 Å². The molecule has 3 amide bonds. The average molecular weight is 511 g/mol. The highest BCUT2D eigenvalue weighted by atomic mass is 79.9. The third kappa shape index (κ3) is 5.66. The number of pyridine rings is 1. The number of benzene rings is 2. The van der Waals surface area contributed by atoms with Crippen molar-refractivity contribution in [3.05, 3.63) is 81.7 Å². The summed E-state index contributed by atoms with van der Waals surface area (Å²) in [4.78, 5) is 23.3. The lowest BCUT2D eigenvalue weighted by Crippen LogP contribution is -2.36. The third-order valence-electron chi connectivity index (χ3n) is 4.02. The van der Waals surface area contributed by atoms with Crippen LogP contribution in [0.4, 0.5) is 29.3 Å². The number of amides is 3. The zero-order valence-electron chi connectivity index (χ0n) is 15.9. The van der Waals surface area contributed by atoms with Gasteiger partial charge in [-0.25, -0.2) is 4.79 Å². The highest BCUT2D eigenvalue weighted by Crippen LogP contribution is 2.36. The minimum Gasteiger partial charge on any atom is -0.618 e. The number of ether oxygens (including phenoxy) is 1. The molecular formula is C20H14BrF3N4O4. The van der Waals surface area contributed by atoms with Gasteiger partial charge in [-0.3, -0.25) is 4.79 Å². The Bertz CT molecular complexity index is 1170. The first-order valence-corrected chi connectivity index (χ1v) is 9.58. The van der Waals surface area contributed by atoms with Crippen molar-refractivity contribution in [2.45, 2.75) is 6.18 Å². The summed E-state index contributed by atoms with van der Waals surface area (Å²) in [6.45, 7) is 0. The van der Waals surface area contributed by atoms with E-state index in [2.05, 4.69) is 26.6 Å². The molecule has 0 aliphatic carbocycles. The number of rotatable bonds is 5. The number of alkyl halides is 3. The summed E-state index contributed by atoms with van der Waals surface area (Å²) in [5, 5.41) is 16.3. The number of hydrogen-bond acceptors (Lipinski definition) is 4. The van der Waals surface area contributed by atoms with Gasteiger partial charge in [-0.2, -0.15) is 17.9 Å². The number of urea groups is 1. The van der Waals surface area contributed by atoms with Gasteiger partial charge >= 0.3 is 18.1 Å². The number of carbonyl (C=O) groups is 2. The molecule has 0 saturated carbocycles. The molecule has 3 rings (SSSR count). The first kappa shape index (κ1) is 22.9. The van der Waals surface area contributed by atoms with E-state index in [9.17, 15) is 28.0 Å². The fourth-order valence-electron chi connectivity index (χ4n) is 2.57. The largest absolute Gasteiger partial charge is 0.618 e. The summed E-state index contributed by atoms with van der Waals surface area (Å²) in [6, 6.07) is 11.1. The Kier molecular flexibility index (Phi) is 6.53. The van der Waals surface area contributed by atoms with Gasteiger partial charge in [0, 0.05) is 21.9 Å². The zero-order chi connectivity index (χ0) is 23.5. The number of nitrogens with zero attached hydrogens (tertiary/aromatic N) is 1. The molecule has 0 unspecified atom stereocenters. The molecule has 4 N–H and O–H groups in total. The topological polar surface area (TPSA) is 120 Å². The SMILES string of the molecule is NC(=O)c1cc(Oc2ccc(NC(=O)Nc3ccc(Br)c(C(F)(F)F)c3)cc2)cc[n+]1[O-]. The van der Waals surface area contributed by atoms with E-state index in [-0.39, 0.29) is 21.6 Å². The van der Waals surface area contributed by atoms with Crippen LogP contribution in [0.2, 0.25) is 0 Å². The molecule has 12 heteroatoms. The van der Waals surface area contributed by atoms with Gasteiger partial charge in [-0.15, -0.1) is 0 Å². The lowest BCUT2D eigenvalue weighted by molar-refractivity contribution is -0.607. The molecule has 3 aromatic rings. The van der Waals surface area contributed by atoms with Gasteiger partial charge in [0.2, 0.25) is 0 Å². The van der Waals surface area contributed by atoms with E-state index < -0.39 is 23.7 Å². The number of anilines is 2. The molecule has 32 heavy (non-hydrogen) atoms. The van der Waals surface area contributed by atoms with Gasteiger partial charge in [-0.05, 0) is 42.5 Å². The van der Waals surface area contributed by atoms with Crippen molar-refractivity contribution in [3.8, 4) is 11.5 Å². The van der Waals surface area contributed by atoms with Crippen LogP contribution in [0.3, 0.4) is 0 Å². The van der Waals surface area contributed by atoms with Crippen LogP contribution in [0.1, 0.15) is 16.1 Å². The van der Waals surface area contributed by atoms with Gasteiger partial charge in [0.1, 0.15) is 11.5 Å². The third-order valence-corrected chi connectivity index (χ3v) is 4.71. The van der Waals surface area contributed by atoms with Crippen molar-refractivity contribution in [3.63, 3.8) is 0 Å². The van der Waals surface area contributed by atoms with Crippen molar-refractivity contribution in [2.24, 2.45) is 5.73 Å². The maximum atomic E-state index is 13.0. The molecule has 166 valence electrons. The number of carbonyl (C=O) groups excluding carboxylic acids is 2. The molecule has 8 nitrogen and oxygen atoms in total. The number of hydrogen-bond donors (Lipinski definition) is 3. The van der Waals surface area contributed by atoms with Crippen LogP contribution in [0.25, 0.3) is 0 Å².